The first-order chi connectivity index (χ1) is 8.87. The summed E-state index contributed by atoms with van der Waals surface area (Å²) >= 11 is 3.44. The molecular formula is C13H17BrO4S. The Hall–Kier alpha value is -0.590. The normalized spacial score (nSPS) is 16.2. The van der Waals surface area contributed by atoms with Gasteiger partial charge in [-0.25, -0.2) is 0 Å². The van der Waals surface area contributed by atoms with Crippen LogP contribution in [0.25, 0.3) is 0 Å². The smallest absolute Gasteiger partial charge is 0.303 e. The van der Waals surface area contributed by atoms with Crippen LogP contribution in [-0.2, 0) is 14.5 Å². The second kappa shape index (κ2) is 5.81. The SMILES string of the molecule is Cc1cc(OOS(=O)(=O)CC2CCC2)cc(C)c1Br. The number of benzene rings is 1. The summed E-state index contributed by atoms with van der Waals surface area (Å²) in [4.78, 5) is 4.95. The summed E-state index contributed by atoms with van der Waals surface area (Å²) < 4.78 is 29.0. The van der Waals surface area contributed by atoms with Gasteiger partial charge < -0.3 is 4.89 Å². The van der Waals surface area contributed by atoms with Gasteiger partial charge in [0.05, 0.1) is 5.75 Å². The number of rotatable bonds is 5. The van der Waals surface area contributed by atoms with Crippen molar-refractivity contribution < 1.29 is 17.6 Å². The Balaban J connectivity index is 1.98. The van der Waals surface area contributed by atoms with Gasteiger partial charge in [0.25, 0.3) is 0 Å². The van der Waals surface area contributed by atoms with E-state index in [0.717, 1.165) is 34.9 Å². The lowest BCUT2D eigenvalue weighted by molar-refractivity contribution is -0.0932. The van der Waals surface area contributed by atoms with Crippen molar-refractivity contribution in [2.45, 2.75) is 33.1 Å². The zero-order chi connectivity index (χ0) is 14.0. The monoisotopic (exact) mass is 348 g/mol. The largest absolute Gasteiger partial charge is 0.321 e. The molecular weight excluding hydrogens is 332 g/mol. The van der Waals surface area contributed by atoms with E-state index in [2.05, 4.69) is 20.3 Å². The molecule has 1 aliphatic rings. The van der Waals surface area contributed by atoms with Crippen LogP contribution >= 0.6 is 15.9 Å². The van der Waals surface area contributed by atoms with E-state index in [4.69, 9.17) is 4.89 Å². The molecule has 0 aromatic heterocycles. The van der Waals surface area contributed by atoms with Gasteiger partial charge in [-0.05, 0) is 55.9 Å². The lowest BCUT2D eigenvalue weighted by atomic mass is 9.87. The van der Waals surface area contributed by atoms with E-state index in [0.29, 0.717) is 5.75 Å². The molecule has 0 N–H and O–H groups in total. The maximum atomic E-state index is 11.7. The van der Waals surface area contributed by atoms with Crippen molar-refractivity contribution in [1.82, 2.24) is 0 Å². The van der Waals surface area contributed by atoms with Crippen molar-refractivity contribution in [3.05, 3.63) is 27.7 Å². The highest BCUT2D eigenvalue weighted by molar-refractivity contribution is 9.10. The number of hydrogen-bond acceptors (Lipinski definition) is 4. The summed E-state index contributed by atoms with van der Waals surface area (Å²) in [5, 5.41) is 0. The predicted molar refractivity (Wildman–Crippen MR) is 76.5 cm³/mol. The zero-order valence-corrected chi connectivity index (χ0v) is 13.4. The van der Waals surface area contributed by atoms with E-state index in [1.54, 1.807) is 12.1 Å². The third kappa shape index (κ3) is 3.94. The molecule has 0 bridgehead atoms. The van der Waals surface area contributed by atoms with Crippen LogP contribution in [0.4, 0.5) is 0 Å². The molecule has 4 nitrogen and oxygen atoms in total. The summed E-state index contributed by atoms with van der Waals surface area (Å²) in [6.07, 6.45) is 3.02. The summed E-state index contributed by atoms with van der Waals surface area (Å²) in [7, 11) is -3.61. The molecule has 0 heterocycles. The minimum Gasteiger partial charge on any atom is -0.321 e. The van der Waals surface area contributed by atoms with Crippen molar-refractivity contribution in [1.29, 1.82) is 0 Å². The molecule has 0 saturated heterocycles. The minimum atomic E-state index is -3.61. The van der Waals surface area contributed by atoms with E-state index in [9.17, 15) is 8.42 Å². The minimum absolute atomic E-state index is 0.0431. The van der Waals surface area contributed by atoms with Crippen LogP contribution in [0.15, 0.2) is 16.6 Å². The molecule has 0 aliphatic heterocycles. The van der Waals surface area contributed by atoms with E-state index >= 15 is 0 Å². The molecule has 0 spiro atoms. The van der Waals surface area contributed by atoms with Crippen LogP contribution in [0.2, 0.25) is 0 Å². The van der Waals surface area contributed by atoms with Gasteiger partial charge in [-0.1, -0.05) is 26.7 Å². The molecule has 0 atom stereocenters. The average Bonchev–Trinajstić information content (AvgIpc) is 2.28. The molecule has 1 aliphatic carbocycles. The predicted octanol–water partition coefficient (Wildman–Crippen LogP) is 3.51. The number of halogens is 1. The van der Waals surface area contributed by atoms with Gasteiger partial charge in [0, 0.05) is 4.47 Å². The fourth-order valence-corrected chi connectivity index (χ4v) is 3.40. The van der Waals surface area contributed by atoms with Gasteiger partial charge in [0.2, 0.25) is 0 Å². The Kier molecular flexibility index (Phi) is 4.53. The van der Waals surface area contributed by atoms with E-state index in [1.807, 2.05) is 13.8 Å². The Morgan fingerprint density at radius 1 is 1.26 bits per heavy atom. The Morgan fingerprint density at radius 3 is 2.32 bits per heavy atom. The fourth-order valence-electron chi connectivity index (χ4n) is 2.02. The van der Waals surface area contributed by atoms with Crippen LogP contribution in [0, 0.1) is 19.8 Å². The summed E-state index contributed by atoms with van der Waals surface area (Å²) in [5.41, 5.74) is 1.94. The maximum absolute atomic E-state index is 11.7. The van der Waals surface area contributed by atoms with Crippen molar-refractivity contribution in [3.63, 3.8) is 0 Å². The van der Waals surface area contributed by atoms with Crippen molar-refractivity contribution in [2.24, 2.45) is 5.92 Å². The van der Waals surface area contributed by atoms with Crippen LogP contribution in [0.3, 0.4) is 0 Å². The molecule has 1 fully saturated rings. The highest BCUT2D eigenvalue weighted by Crippen LogP contribution is 2.29. The first kappa shape index (κ1) is 14.8. The molecule has 6 heteroatoms. The maximum Gasteiger partial charge on any atom is 0.303 e. The second-order valence-corrected chi connectivity index (χ2v) is 7.42. The molecule has 106 valence electrons. The van der Waals surface area contributed by atoms with E-state index < -0.39 is 10.1 Å². The van der Waals surface area contributed by atoms with Gasteiger partial charge >= 0.3 is 10.1 Å². The average molecular weight is 349 g/mol. The Bertz CT molecular complexity index is 541. The van der Waals surface area contributed by atoms with Crippen LogP contribution < -0.4 is 4.89 Å². The zero-order valence-electron chi connectivity index (χ0n) is 11.0. The van der Waals surface area contributed by atoms with Gasteiger partial charge in [-0.3, -0.25) is 0 Å². The highest BCUT2D eigenvalue weighted by atomic mass is 79.9. The number of aryl methyl sites for hydroxylation is 2. The van der Waals surface area contributed by atoms with Crippen molar-refractivity contribution >= 4 is 26.0 Å². The van der Waals surface area contributed by atoms with Gasteiger partial charge in [-0.2, -0.15) is 8.42 Å². The summed E-state index contributed by atoms with van der Waals surface area (Å²) in [6, 6.07) is 3.46. The molecule has 2 rings (SSSR count). The van der Waals surface area contributed by atoms with Crippen molar-refractivity contribution in [3.8, 4) is 5.75 Å². The van der Waals surface area contributed by atoms with E-state index in [1.165, 1.54) is 0 Å². The number of hydrogen-bond donors (Lipinski definition) is 0. The lowest BCUT2D eigenvalue weighted by Gasteiger charge is -2.24. The molecule has 1 aromatic rings. The third-order valence-corrected chi connectivity index (χ3v) is 5.71. The first-order valence-electron chi connectivity index (χ1n) is 6.23. The fraction of sp³-hybridized carbons (Fsp3) is 0.538. The topological polar surface area (TPSA) is 52.6 Å². The molecule has 1 saturated carbocycles. The second-order valence-electron chi connectivity index (χ2n) is 5.04. The lowest BCUT2D eigenvalue weighted by Crippen LogP contribution is -2.24. The van der Waals surface area contributed by atoms with Crippen LogP contribution in [-0.4, -0.2) is 14.2 Å². The van der Waals surface area contributed by atoms with Crippen molar-refractivity contribution in [2.75, 3.05) is 5.75 Å². The van der Waals surface area contributed by atoms with Gasteiger partial charge in [0.1, 0.15) is 0 Å². The third-order valence-electron chi connectivity index (χ3n) is 3.31. The van der Waals surface area contributed by atoms with Crippen LogP contribution in [0.5, 0.6) is 5.75 Å². The molecule has 1 aromatic carbocycles. The molecule has 19 heavy (non-hydrogen) atoms. The Morgan fingerprint density at radius 2 is 1.84 bits per heavy atom. The standard InChI is InChI=1S/C13H17BrO4S/c1-9-6-12(7-10(2)13(9)14)17-18-19(15,16)8-11-4-3-5-11/h6-7,11H,3-5,8H2,1-2H3. The van der Waals surface area contributed by atoms with Crippen LogP contribution in [0.1, 0.15) is 30.4 Å². The molecule has 0 unspecified atom stereocenters. The highest BCUT2D eigenvalue weighted by Gasteiger charge is 2.26. The quantitative estimate of drug-likeness (QED) is 0.603. The first-order valence-corrected chi connectivity index (χ1v) is 8.60. The molecule has 0 amide bonds. The van der Waals surface area contributed by atoms with Gasteiger partial charge in [-0.15, -0.1) is 0 Å². The summed E-state index contributed by atoms with van der Waals surface area (Å²) in [5.74, 6) is 0.666. The van der Waals surface area contributed by atoms with E-state index in [-0.39, 0.29) is 11.7 Å². The molecule has 0 radical (unpaired) electrons. The summed E-state index contributed by atoms with van der Waals surface area (Å²) in [6.45, 7) is 3.82. The van der Waals surface area contributed by atoms with Gasteiger partial charge in [0.15, 0.2) is 5.75 Å². The Labute approximate surface area is 122 Å².